The first-order valence-corrected chi connectivity index (χ1v) is 7.58. The van der Waals surface area contributed by atoms with E-state index in [-0.39, 0.29) is 5.75 Å². The zero-order valence-corrected chi connectivity index (χ0v) is 11.3. The maximum Gasteiger partial charge on any atom is 0.213 e. The van der Waals surface area contributed by atoms with Crippen LogP contribution in [0, 0.1) is 5.92 Å². The molecule has 0 saturated heterocycles. The molecule has 0 aromatic heterocycles. The van der Waals surface area contributed by atoms with Gasteiger partial charge in [-0.3, -0.25) is 4.99 Å². The predicted octanol–water partition coefficient (Wildman–Crippen LogP) is -0.499. The molecule has 3 N–H and O–H groups in total. The molecular weight excluding hydrogens is 240 g/mol. The van der Waals surface area contributed by atoms with Crippen molar-refractivity contribution in [1.82, 2.24) is 15.4 Å². The molecule has 0 bridgehead atoms. The molecule has 100 valence electrons. The second-order valence-corrected chi connectivity index (χ2v) is 6.14. The first-order valence-electron chi connectivity index (χ1n) is 5.93. The zero-order chi connectivity index (χ0) is 12.7. The zero-order valence-electron chi connectivity index (χ0n) is 10.5. The van der Waals surface area contributed by atoms with Gasteiger partial charge in [0.05, 0.1) is 5.75 Å². The summed E-state index contributed by atoms with van der Waals surface area (Å²) in [5, 5.41) is 5.74. The number of sulfonamides is 1. The third kappa shape index (κ3) is 5.36. The molecule has 1 aliphatic rings. The predicted molar refractivity (Wildman–Crippen MR) is 69.6 cm³/mol. The van der Waals surface area contributed by atoms with E-state index in [1.807, 2.05) is 0 Å². The van der Waals surface area contributed by atoms with Crippen molar-refractivity contribution in [2.45, 2.75) is 19.3 Å². The van der Waals surface area contributed by atoms with Crippen molar-refractivity contribution in [2.24, 2.45) is 10.9 Å². The van der Waals surface area contributed by atoms with Gasteiger partial charge in [-0.05, 0) is 18.8 Å². The van der Waals surface area contributed by atoms with Crippen LogP contribution >= 0.6 is 0 Å². The molecule has 0 spiro atoms. The van der Waals surface area contributed by atoms with Crippen LogP contribution in [0.25, 0.3) is 0 Å². The molecular formula is C10H22N4O2S. The Balaban J connectivity index is 2.19. The van der Waals surface area contributed by atoms with Gasteiger partial charge in [-0.1, -0.05) is 6.42 Å². The highest BCUT2D eigenvalue weighted by Gasteiger charge is 2.19. The lowest BCUT2D eigenvalue weighted by molar-refractivity contribution is 0.316. The molecule has 6 nitrogen and oxygen atoms in total. The van der Waals surface area contributed by atoms with E-state index in [1.54, 1.807) is 14.1 Å². The van der Waals surface area contributed by atoms with Crippen LogP contribution in [-0.2, 0) is 10.0 Å². The molecule has 1 rings (SSSR count). The maximum absolute atomic E-state index is 11.6. The van der Waals surface area contributed by atoms with Crippen molar-refractivity contribution in [3.8, 4) is 0 Å². The van der Waals surface area contributed by atoms with E-state index in [0.717, 1.165) is 12.8 Å². The van der Waals surface area contributed by atoms with E-state index in [1.165, 1.54) is 6.42 Å². The fourth-order valence-electron chi connectivity index (χ4n) is 1.60. The topological polar surface area (TPSA) is 82.6 Å². The van der Waals surface area contributed by atoms with Crippen molar-refractivity contribution in [3.63, 3.8) is 0 Å². The maximum atomic E-state index is 11.6. The third-order valence-electron chi connectivity index (χ3n) is 2.94. The van der Waals surface area contributed by atoms with Crippen LogP contribution in [0.5, 0.6) is 0 Å². The summed E-state index contributed by atoms with van der Waals surface area (Å²) in [7, 11) is 0.216. The van der Waals surface area contributed by atoms with Crippen LogP contribution in [0.1, 0.15) is 19.3 Å². The van der Waals surface area contributed by atoms with Gasteiger partial charge in [-0.15, -0.1) is 0 Å². The number of nitrogens with zero attached hydrogens (tertiary/aromatic N) is 1. The molecule has 0 unspecified atom stereocenters. The van der Waals surface area contributed by atoms with E-state index < -0.39 is 10.0 Å². The molecule has 7 heteroatoms. The second kappa shape index (κ2) is 6.80. The minimum absolute atomic E-state index is 0.0699. The standard InChI is InChI=1S/C10H22N4O2S/c1-11-10(12-2)13-6-7-17(15,16)14-8-9-4-3-5-9/h9,14H,3-8H2,1-2H3,(H2,11,12,13). The van der Waals surface area contributed by atoms with E-state index in [0.29, 0.717) is 25.0 Å². The third-order valence-corrected chi connectivity index (χ3v) is 4.29. The van der Waals surface area contributed by atoms with Gasteiger partial charge in [0.2, 0.25) is 10.0 Å². The van der Waals surface area contributed by atoms with Gasteiger partial charge < -0.3 is 10.6 Å². The second-order valence-electron chi connectivity index (χ2n) is 4.21. The molecule has 0 aliphatic heterocycles. The summed E-state index contributed by atoms with van der Waals surface area (Å²) in [5.41, 5.74) is 0. The summed E-state index contributed by atoms with van der Waals surface area (Å²) < 4.78 is 25.9. The summed E-state index contributed by atoms with van der Waals surface area (Å²) >= 11 is 0. The molecule has 17 heavy (non-hydrogen) atoms. The highest BCUT2D eigenvalue weighted by molar-refractivity contribution is 7.89. The number of hydrogen-bond donors (Lipinski definition) is 3. The Morgan fingerprint density at radius 1 is 1.41 bits per heavy atom. The number of guanidine groups is 1. The van der Waals surface area contributed by atoms with Gasteiger partial charge >= 0.3 is 0 Å². The average Bonchev–Trinajstić information content (AvgIpc) is 2.22. The minimum atomic E-state index is -3.16. The lowest BCUT2D eigenvalue weighted by Crippen LogP contribution is -2.40. The van der Waals surface area contributed by atoms with Crippen LogP contribution in [0.15, 0.2) is 4.99 Å². The molecule has 1 aliphatic carbocycles. The van der Waals surface area contributed by atoms with Crippen LogP contribution in [-0.4, -0.2) is 47.3 Å². The van der Waals surface area contributed by atoms with E-state index in [4.69, 9.17) is 0 Å². The number of aliphatic imine (C=N–C) groups is 1. The Labute approximate surface area is 103 Å². The van der Waals surface area contributed by atoms with E-state index in [2.05, 4.69) is 20.3 Å². The lowest BCUT2D eigenvalue weighted by atomic mass is 9.86. The molecule has 0 radical (unpaired) electrons. The number of rotatable bonds is 6. The SMILES string of the molecule is CN=C(NC)NCCS(=O)(=O)NCC1CCC1. The first kappa shape index (κ1) is 14.2. The summed E-state index contributed by atoms with van der Waals surface area (Å²) in [6.45, 7) is 0.941. The molecule has 0 amide bonds. The van der Waals surface area contributed by atoms with Gasteiger partial charge in [0.1, 0.15) is 0 Å². The highest BCUT2D eigenvalue weighted by atomic mass is 32.2. The average molecular weight is 262 g/mol. The van der Waals surface area contributed by atoms with Gasteiger partial charge in [0.25, 0.3) is 0 Å². The van der Waals surface area contributed by atoms with Crippen LogP contribution in [0.2, 0.25) is 0 Å². The lowest BCUT2D eigenvalue weighted by Gasteiger charge is -2.25. The highest BCUT2D eigenvalue weighted by Crippen LogP contribution is 2.25. The number of hydrogen-bond acceptors (Lipinski definition) is 3. The largest absolute Gasteiger partial charge is 0.359 e. The first-order chi connectivity index (χ1) is 8.07. The van der Waals surface area contributed by atoms with Gasteiger partial charge in [0, 0.05) is 27.2 Å². The Morgan fingerprint density at radius 2 is 2.12 bits per heavy atom. The summed E-state index contributed by atoms with van der Waals surface area (Å²) in [6.07, 6.45) is 3.52. The minimum Gasteiger partial charge on any atom is -0.359 e. The van der Waals surface area contributed by atoms with Gasteiger partial charge in [-0.25, -0.2) is 13.1 Å². The Hall–Kier alpha value is -0.820. The summed E-state index contributed by atoms with van der Waals surface area (Å²) in [6, 6.07) is 0. The fraction of sp³-hybridized carbons (Fsp3) is 0.900. The molecule has 0 heterocycles. The monoisotopic (exact) mass is 262 g/mol. The summed E-state index contributed by atoms with van der Waals surface area (Å²) in [5.74, 6) is 1.21. The number of nitrogens with one attached hydrogen (secondary N) is 3. The summed E-state index contributed by atoms with van der Waals surface area (Å²) in [4.78, 5) is 3.90. The molecule has 0 atom stereocenters. The Kier molecular flexibility index (Phi) is 5.70. The van der Waals surface area contributed by atoms with Crippen molar-refractivity contribution in [3.05, 3.63) is 0 Å². The van der Waals surface area contributed by atoms with Crippen LogP contribution < -0.4 is 15.4 Å². The van der Waals surface area contributed by atoms with Crippen molar-refractivity contribution < 1.29 is 8.42 Å². The van der Waals surface area contributed by atoms with E-state index >= 15 is 0 Å². The van der Waals surface area contributed by atoms with Crippen LogP contribution in [0.3, 0.4) is 0 Å². The van der Waals surface area contributed by atoms with Gasteiger partial charge in [-0.2, -0.15) is 0 Å². The van der Waals surface area contributed by atoms with E-state index in [9.17, 15) is 8.42 Å². The molecule has 1 saturated carbocycles. The van der Waals surface area contributed by atoms with Gasteiger partial charge in [0.15, 0.2) is 5.96 Å². The Bertz CT molecular complexity index is 349. The van der Waals surface area contributed by atoms with Crippen molar-refractivity contribution in [1.29, 1.82) is 0 Å². The normalized spacial score (nSPS) is 17.6. The molecule has 0 aromatic rings. The van der Waals surface area contributed by atoms with Crippen LogP contribution in [0.4, 0.5) is 0 Å². The Morgan fingerprint density at radius 3 is 2.59 bits per heavy atom. The molecule has 1 fully saturated rings. The fourth-order valence-corrected chi connectivity index (χ4v) is 2.60. The smallest absolute Gasteiger partial charge is 0.213 e. The quantitative estimate of drug-likeness (QED) is 0.445. The molecule has 0 aromatic carbocycles. The van der Waals surface area contributed by atoms with Crippen molar-refractivity contribution >= 4 is 16.0 Å². The van der Waals surface area contributed by atoms with Crippen molar-refractivity contribution in [2.75, 3.05) is 32.9 Å².